The minimum Gasteiger partial charge on any atom is -0.383 e. The zero-order chi connectivity index (χ0) is 25.1. The summed E-state index contributed by atoms with van der Waals surface area (Å²) in [5.74, 6) is -0.0590. The summed E-state index contributed by atoms with van der Waals surface area (Å²) in [5.41, 5.74) is 6.72. The minimum atomic E-state index is -0.157. The van der Waals surface area contributed by atoms with Gasteiger partial charge >= 0.3 is 0 Å². The summed E-state index contributed by atoms with van der Waals surface area (Å²) < 4.78 is 5.46. The fourth-order valence-electron chi connectivity index (χ4n) is 5.38. The molecule has 6 nitrogen and oxygen atoms in total. The molecule has 0 aromatic heterocycles. The van der Waals surface area contributed by atoms with Crippen LogP contribution in [-0.4, -0.2) is 50.1 Å². The van der Waals surface area contributed by atoms with E-state index in [1.807, 2.05) is 48.5 Å². The number of methoxy groups -OCH3 is 1. The van der Waals surface area contributed by atoms with Crippen LogP contribution in [0.2, 0.25) is 0 Å². The van der Waals surface area contributed by atoms with Gasteiger partial charge in [-0.2, -0.15) is 0 Å². The summed E-state index contributed by atoms with van der Waals surface area (Å²) in [7, 11) is 3.54. The number of amides is 2. The molecule has 186 valence electrons. The van der Waals surface area contributed by atoms with E-state index in [9.17, 15) is 9.59 Å². The number of carbonyl (C=O) groups is 2. The van der Waals surface area contributed by atoms with E-state index in [2.05, 4.69) is 28.4 Å². The van der Waals surface area contributed by atoms with Crippen LogP contribution in [0.5, 0.6) is 0 Å². The first kappa shape index (κ1) is 24.2. The number of aryl methyl sites for hydroxylation is 1. The van der Waals surface area contributed by atoms with Gasteiger partial charge in [0.1, 0.15) is 0 Å². The zero-order valence-corrected chi connectivity index (χ0v) is 21.0. The van der Waals surface area contributed by atoms with Crippen LogP contribution in [0.15, 0.2) is 66.7 Å². The average Bonchev–Trinajstić information content (AvgIpc) is 3.33. The van der Waals surface area contributed by atoms with Crippen LogP contribution in [-0.2, 0) is 22.5 Å². The first-order chi connectivity index (χ1) is 17.5. The molecule has 0 bridgehead atoms. The van der Waals surface area contributed by atoms with Crippen LogP contribution in [0.25, 0.3) is 11.1 Å². The summed E-state index contributed by atoms with van der Waals surface area (Å²) in [6.07, 6.45) is 3.54. The van der Waals surface area contributed by atoms with Crippen LogP contribution in [0.4, 0.5) is 11.4 Å². The van der Waals surface area contributed by atoms with Crippen molar-refractivity contribution in [1.29, 1.82) is 0 Å². The molecular formula is C30H33N3O3. The van der Waals surface area contributed by atoms with Crippen molar-refractivity contribution in [2.75, 3.05) is 37.5 Å². The standard InChI is InChI=1S/C30H33N3O3/c1-32-28-18-25(13-10-22(28)12-15-29(32)34)31-30(35)23-11-14-27(21-7-4-3-5-8-21)24(17-23)19-33-16-6-9-26(33)20-36-2/h3-5,7-8,10-11,13-14,17-18,26H,6,9,12,15-16,19-20H2,1-2H3,(H,31,35)/t26-/m0/s1. The number of carbonyl (C=O) groups excluding carboxylic acids is 2. The highest BCUT2D eigenvalue weighted by Gasteiger charge is 2.26. The number of likely N-dealkylation sites (tertiary alicyclic amines) is 1. The van der Waals surface area contributed by atoms with Gasteiger partial charge in [-0.1, -0.05) is 42.5 Å². The number of nitrogens with one attached hydrogen (secondary N) is 1. The number of benzene rings is 3. The molecule has 0 spiro atoms. The van der Waals surface area contributed by atoms with Crippen LogP contribution in [0.3, 0.4) is 0 Å². The van der Waals surface area contributed by atoms with Crippen molar-refractivity contribution >= 4 is 23.2 Å². The summed E-state index contributed by atoms with van der Waals surface area (Å²) in [6.45, 7) is 2.52. The van der Waals surface area contributed by atoms with Gasteiger partial charge in [-0.25, -0.2) is 0 Å². The Kier molecular flexibility index (Phi) is 7.16. The van der Waals surface area contributed by atoms with E-state index in [1.165, 1.54) is 0 Å². The fourth-order valence-corrected chi connectivity index (χ4v) is 5.38. The quantitative estimate of drug-likeness (QED) is 0.506. The largest absolute Gasteiger partial charge is 0.383 e. The molecule has 36 heavy (non-hydrogen) atoms. The van der Waals surface area contributed by atoms with Gasteiger partial charge in [-0.3, -0.25) is 14.5 Å². The predicted octanol–water partition coefficient (Wildman–Crippen LogP) is 5.13. The lowest BCUT2D eigenvalue weighted by Crippen LogP contribution is -2.32. The van der Waals surface area contributed by atoms with Crippen LogP contribution in [0, 0.1) is 0 Å². The first-order valence-corrected chi connectivity index (χ1v) is 12.7. The fraction of sp³-hybridized carbons (Fsp3) is 0.333. The van der Waals surface area contributed by atoms with Gasteiger partial charge in [-0.15, -0.1) is 0 Å². The number of ether oxygens (including phenoxy) is 1. The number of rotatable bonds is 7. The summed E-state index contributed by atoms with van der Waals surface area (Å²) in [4.78, 5) is 29.6. The van der Waals surface area contributed by atoms with E-state index < -0.39 is 0 Å². The molecule has 3 aromatic rings. The second-order valence-corrected chi connectivity index (χ2v) is 9.71. The van der Waals surface area contributed by atoms with E-state index in [4.69, 9.17) is 4.74 Å². The molecule has 3 aromatic carbocycles. The van der Waals surface area contributed by atoms with Crippen LogP contribution < -0.4 is 10.2 Å². The molecular weight excluding hydrogens is 450 g/mol. The Bertz CT molecular complexity index is 1260. The Morgan fingerprint density at radius 2 is 1.89 bits per heavy atom. The highest BCUT2D eigenvalue weighted by molar-refractivity contribution is 6.05. The third-order valence-electron chi connectivity index (χ3n) is 7.37. The number of hydrogen-bond donors (Lipinski definition) is 1. The molecule has 0 radical (unpaired) electrons. The average molecular weight is 484 g/mol. The molecule has 1 saturated heterocycles. The number of nitrogens with zero attached hydrogens (tertiary/aromatic N) is 2. The van der Waals surface area contributed by atoms with Gasteiger partial charge in [0, 0.05) is 50.1 Å². The van der Waals surface area contributed by atoms with Gasteiger partial charge in [-0.05, 0) is 72.3 Å². The smallest absolute Gasteiger partial charge is 0.255 e. The predicted molar refractivity (Wildman–Crippen MR) is 143 cm³/mol. The Labute approximate surface area is 212 Å². The van der Waals surface area contributed by atoms with Crippen LogP contribution >= 0.6 is 0 Å². The Hall–Kier alpha value is -3.48. The van der Waals surface area contributed by atoms with Crippen molar-refractivity contribution in [3.8, 4) is 11.1 Å². The molecule has 0 aliphatic carbocycles. The summed E-state index contributed by atoms with van der Waals surface area (Å²) in [5, 5.41) is 3.04. The van der Waals surface area contributed by atoms with Gasteiger partial charge < -0.3 is 15.0 Å². The highest BCUT2D eigenvalue weighted by atomic mass is 16.5. The normalized spacial score (nSPS) is 17.8. The van der Waals surface area contributed by atoms with E-state index in [1.54, 1.807) is 19.1 Å². The molecule has 5 rings (SSSR count). The molecule has 1 N–H and O–H groups in total. The molecule has 1 atom stereocenters. The Morgan fingerprint density at radius 1 is 1.06 bits per heavy atom. The third kappa shape index (κ3) is 5.06. The van der Waals surface area contributed by atoms with Crippen LogP contribution in [0.1, 0.15) is 40.7 Å². The molecule has 2 aliphatic heterocycles. The molecule has 0 saturated carbocycles. The van der Waals surface area contributed by atoms with E-state index in [0.29, 0.717) is 23.7 Å². The molecule has 2 heterocycles. The third-order valence-corrected chi connectivity index (χ3v) is 7.37. The van der Waals surface area contributed by atoms with E-state index in [0.717, 1.165) is 66.9 Å². The lowest BCUT2D eigenvalue weighted by atomic mass is 9.96. The molecule has 2 amide bonds. The molecule has 0 unspecified atom stereocenters. The second kappa shape index (κ2) is 10.6. The molecule has 1 fully saturated rings. The maximum atomic E-state index is 13.3. The number of hydrogen-bond acceptors (Lipinski definition) is 4. The monoisotopic (exact) mass is 483 g/mol. The lowest BCUT2D eigenvalue weighted by Gasteiger charge is -2.26. The van der Waals surface area contributed by atoms with Gasteiger partial charge in [0.05, 0.1) is 6.61 Å². The minimum absolute atomic E-state index is 0.0980. The summed E-state index contributed by atoms with van der Waals surface area (Å²) in [6, 6.07) is 22.5. The van der Waals surface area contributed by atoms with Crippen molar-refractivity contribution in [3.63, 3.8) is 0 Å². The van der Waals surface area contributed by atoms with Crippen molar-refractivity contribution in [3.05, 3.63) is 83.4 Å². The molecule has 6 heteroatoms. The number of fused-ring (bicyclic) bond motifs is 1. The van der Waals surface area contributed by atoms with E-state index >= 15 is 0 Å². The maximum absolute atomic E-state index is 13.3. The first-order valence-electron chi connectivity index (χ1n) is 12.7. The van der Waals surface area contributed by atoms with Gasteiger partial charge in [0.15, 0.2) is 0 Å². The second-order valence-electron chi connectivity index (χ2n) is 9.71. The zero-order valence-electron chi connectivity index (χ0n) is 21.0. The topological polar surface area (TPSA) is 61.9 Å². The van der Waals surface area contributed by atoms with Crippen molar-refractivity contribution in [2.45, 2.75) is 38.3 Å². The lowest BCUT2D eigenvalue weighted by molar-refractivity contribution is -0.118. The summed E-state index contributed by atoms with van der Waals surface area (Å²) >= 11 is 0. The van der Waals surface area contributed by atoms with E-state index in [-0.39, 0.29) is 11.8 Å². The maximum Gasteiger partial charge on any atom is 0.255 e. The SMILES string of the molecule is COC[C@@H]1CCCN1Cc1cc(C(=O)Nc2ccc3c(c2)N(C)C(=O)CC3)ccc1-c1ccccc1. The van der Waals surface area contributed by atoms with Gasteiger partial charge in [0.2, 0.25) is 5.91 Å². The van der Waals surface area contributed by atoms with Gasteiger partial charge in [0.25, 0.3) is 5.91 Å². The highest BCUT2D eigenvalue weighted by Crippen LogP contribution is 2.31. The van der Waals surface area contributed by atoms with Crippen molar-refractivity contribution in [1.82, 2.24) is 4.90 Å². The Balaban J connectivity index is 1.42. The molecule has 2 aliphatic rings. The Morgan fingerprint density at radius 3 is 2.69 bits per heavy atom. The van der Waals surface area contributed by atoms with Crippen molar-refractivity contribution in [2.24, 2.45) is 0 Å². The number of anilines is 2. The van der Waals surface area contributed by atoms with Crippen molar-refractivity contribution < 1.29 is 14.3 Å².